The fraction of sp³-hybridized carbons (Fsp3) is 0.278. The maximum Gasteiger partial charge on any atom is 0.265 e. The lowest BCUT2D eigenvalue weighted by molar-refractivity contribution is -0.122. The third-order valence-electron chi connectivity index (χ3n) is 3.39. The zero-order chi connectivity index (χ0) is 16.1. The number of hydrogen-bond donors (Lipinski definition) is 2. The average Bonchev–Trinajstić information content (AvgIpc) is 2.49. The van der Waals surface area contributed by atoms with Crippen LogP contribution >= 0.6 is 0 Å². The first-order valence-electron chi connectivity index (χ1n) is 7.38. The van der Waals surface area contributed by atoms with E-state index in [0.717, 1.165) is 0 Å². The number of carbonyl (C=O) groups excluding carboxylic acids is 1. The first-order chi connectivity index (χ1) is 10.5. The summed E-state index contributed by atoms with van der Waals surface area (Å²) in [6, 6.07) is 14.8. The summed E-state index contributed by atoms with van der Waals surface area (Å²) in [6.45, 7) is 5.97. The van der Waals surface area contributed by atoms with E-state index in [0.29, 0.717) is 23.0 Å². The molecule has 0 aliphatic carbocycles. The van der Waals surface area contributed by atoms with E-state index >= 15 is 0 Å². The van der Waals surface area contributed by atoms with E-state index in [4.69, 9.17) is 10.5 Å². The van der Waals surface area contributed by atoms with E-state index in [1.54, 1.807) is 31.2 Å². The monoisotopic (exact) mass is 298 g/mol. The Morgan fingerprint density at radius 2 is 1.77 bits per heavy atom. The van der Waals surface area contributed by atoms with Crippen LogP contribution < -0.4 is 15.8 Å². The van der Waals surface area contributed by atoms with Crippen molar-refractivity contribution in [3.05, 3.63) is 54.1 Å². The molecule has 2 rings (SSSR count). The van der Waals surface area contributed by atoms with Gasteiger partial charge in [0.2, 0.25) is 0 Å². The Kier molecular flexibility index (Phi) is 5.04. The number of benzene rings is 2. The first-order valence-corrected chi connectivity index (χ1v) is 7.38. The van der Waals surface area contributed by atoms with Gasteiger partial charge in [-0.1, -0.05) is 26.0 Å². The molecule has 0 heterocycles. The largest absolute Gasteiger partial charge is 0.481 e. The standard InChI is InChI=1S/C18H22N2O2/c1-12(2)14-5-4-6-17(11-14)22-13(3)18(21)20-16-9-7-15(19)8-10-16/h4-13H,19H2,1-3H3,(H,20,21). The lowest BCUT2D eigenvalue weighted by atomic mass is 10.0. The minimum Gasteiger partial charge on any atom is -0.481 e. The Morgan fingerprint density at radius 3 is 2.41 bits per heavy atom. The Morgan fingerprint density at radius 1 is 1.09 bits per heavy atom. The van der Waals surface area contributed by atoms with Crippen LogP contribution in [0.4, 0.5) is 11.4 Å². The minimum atomic E-state index is -0.583. The van der Waals surface area contributed by atoms with Crippen molar-refractivity contribution in [2.45, 2.75) is 32.8 Å². The summed E-state index contributed by atoms with van der Waals surface area (Å²) in [6.07, 6.45) is -0.583. The van der Waals surface area contributed by atoms with Gasteiger partial charge in [0.1, 0.15) is 5.75 Å². The number of hydrogen-bond acceptors (Lipinski definition) is 3. The Balaban J connectivity index is 1.99. The number of carbonyl (C=O) groups is 1. The number of anilines is 2. The zero-order valence-corrected chi connectivity index (χ0v) is 13.2. The fourth-order valence-corrected chi connectivity index (χ4v) is 2.01. The highest BCUT2D eigenvalue weighted by Gasteiger charge is 2.15. The summed E-state index contributed by atoms with van der Waals surface area (Å²) in [5, 5.41) is 2.81. The van der Waals surface area contributed by atoms with Gasteiger partial charge < -0.3 is 15.8 Å². The Bertz CT molecular complexity index is 636. The number of nitrogens with one attached hydrogen (secondary N) is 1. The van der Waals surface area contributed by atoms with E-state index in [1.165, 1.54) is 5.56 Å². The predicted molar refractivity (Wildman–Crippen MR) is 90.1 cm³/mol. The third kappa shape index (κ3) is 4.25. The Hall–Kier alpha value is -2.49. The first kappa shape index (κ1) is 15.9. The highest BCUT2D eigenvalue weighted by Crippen LogP contribution is 2.21. The van der Waals surface area contributed by atoms with Crippen molar-refractivity contribution in [1.82, 2.24) is 0 Å². The average molecular weight is 298 g/mol. The normalized spacial score (nSPS) is 12.0. The summed E-state index contributed by atoms with van der Waals surface area (Å²) in [4.78, 5) is 12.2. The molecule has 0 saturated carbocycles. The van der Waals surface area contributed by atoms with Crippen molar-refractivity contribution >= 4 is 17.3 Å². The second kappa shape index (κ2) is 6.98. The Labute approximate surface area is 131 Å². The molecule has 0 aliphatic heterocycles. The van der Waals surface area contributed by atoms with Crippen molar-refractivity contribution in [2.24, 2.45) is 0 Å². The molecule has 1 unspecified atom stereocenters. The molecule has 2 aromatic carbocycles. The van der Waals surface area contributed by atoms with Gasteiger partial charge in [0.15, 0.2) is 6.10 Å². The SMILES string of the molecule is CC(Oc1cccc(C(C)C)c1)C(=O)Nc1ccc(N)cc1. The van der Waals surface area contributed by atoms with Crippen LogP contribution in [0.25, 0.3) is 0 Å². The number of nitrogen functional groups attached to an aromatic ring is 1. The molecule has 4 nitrogen and oxygen atoms in total. The topological polar surface area (TPSA) is 64.3 Å². The molecule has 0 bridgehead atoms. The molecule has 4 heteroatoms. The van der Waals surface area contributed by atoms with E-state index < -0.39 is 6.10 Å². The van der Waals surface area contributed by atoms with Crippen molar-refractivity contribution < 1.29 is 9.53 Å². The van der Waals surface area contributed by atoms with Gasteiger partial charge in [-0.3, -0.25) is 4.79 Å². The van der Waals surface area contributed by atoms with Crippen LogP contribution in [0.3, 0.4) is 0 Å². The van der Waals surface area contributed by atoms with Gasteiger partial charge in [-0.15, -0.1) is 0 Å². The van der Waals surface area contributed by atoms with Gasteiger partial charge in [0, 0.05) is 11.4 Å². The van der Waals surface area contributed by atoms with Crippen molar-refractivity contribution in [3.8, 4) is 5.75 Å². The van der Waals surface area contributed by atoms with Crippen LogP contribution in [0, 0.1) is 0 Å². The van der Waals surface area contributed by atoms with Gasteiger partial charge in [-0.2, -0.15) is 0 Å². The molecule has 1 amide bonds. The van der Waals surface area contributed by atoms with Gasteiger partial charge in [0.05, 0.1) is 0 Å². The smallest absolute Gasteiger partial charge is 0.265 e. The third-order valence-corrected chi connectivity index (χ3v) is 3.39. The van der Waals surface area contributed by atoms with E-state index in [9.17, 15) is 4.79 Å². The summed E-state index contributed by atoms with van der Waals surface area (Å²) >= 11 is 0. The predicted octanol–water partition coefficient (Wildman–Crippen LogP) is 3.80. The molecular formula is C18H22N2O2. The second-order valence-electron chi connectivity index (χ2n) is 5.60. The number of rotatable bonds is 5. The molecule has 0 spiro atoms. The summed E-state index contributed by atoms with van der Waals surface area (Å²) in [5.41, 5.74) is 8.16. The van der Waals surface area contributed by atoms with Crippen molar-refractivity contribution in [1.29, 1.82) is 0 Å². The van der Waals surface area contributed by atoms with Crippen LogP contribution in [-0.4, -0.2) is 12.0 Å². The van der Waals surface area contributed by atoms with Gasteiger partial charge >= 0.3 is 0 Å². The second-order valence-corrected chi connectivity index (χ2v) is 5.60. The van der Waals surface area contributed by atoms with Crippen molar-refractivity contribution in [2.75, 3.05) is 11.1 Å². The number of ether oxygens (including phenoxy) is 1. The van der Waals surface area contributed by atoms with Crippen LogP contribution in [-0.2, 0) is 4.79 Å². The molecule has 0 saturated heterocycles. The zero-order valence-electron chi connectivity index (χ0n) is 13.2. The summed E-state index contributed by atoms with van der Waals surface area (Å²) < 4.78 is 5.73. The van der Waals surface area contributed by atoms with Gasteiger partial charge in [-0.25, -0.2) is 0 Å². The minimum absolute atomic E-state index is 0.195. The molecule has 116 valence electrons. The molecule has 0 aromatic heterocycles. The van der Waals surface area contributed by atoms with Crippen molar-refractivity contribution in [3.63, 3.8) is 0 Å². The number of amides is 1. The van der Waals surface area contributed by atoms with Gasteiger partial charge in [-0.05, 0) is 54.8 Å². The summed E-state index contributed by atoms with van der Waals surface area (Å²) in [7, 11) is 0. The quantitative estimate of drug-likeness (QED) is 0.825. The number of nitrogens with two attached hydrogens (primary N) is 1. The van der Waals surface area contributed by atoms with Crippen LogP contribution in [0.1, 0.15) is 32.3 Å². The van der Waals surface area contributed by atoms with E-state index in [1.807, 2.05) is 18.2 Å². The highest BCUT2D eigenvalue weighted by atomic mass is 16.5. The van der Waals surface area contributed by atoms with Crippen LogP contribution in [0.2, 0.25) is 0 Å². The molecule has 22 heavy (non-hydrogen) atoms. The molecule has 0 radical (unpaired) electrons. The maximum absolute atomic E-state index is 12.2. The lowest BCUT2D eigenvalue weighted by Crippen LogP contribution is -2.30. The fourth-order valence-electron chi connectivity index (χ4n) is 2.01. The van der Waals surface area contributed by atoms with Gasteiger partial charge in [0.25, 0.3) is 5.91 Å². The lowest BCUT2D eigenvalue weighted by Gasteiger charge is -2.16. The summed E-state index contributed by atoms with van der Waals surface area (Å²) in [5.74, 6) is 0.924. The van der Waals surface area contributed by atoms with E-state index in [-0.39, 0.29) is 5.91 Å². The molecule has 2 aromatic rings. The molecule has 0 aliphatic rings. The maximum atomic E-state index is 12.2. The van der Waals surface area contributed by atoms with Crippen LogP contribution in [0.5, 0.6) is 5.75 Å². The molecule has 3 N–H and O–H groups in total. The van der Waals surface area contributed by atoms with Crippen LogP contribution in [0.15, 0.2) is 48.5 Å². The molecule has 0 fully saturated rings. The molecular weight excluding hydrogens is 276 g/mol. The molecule has 1 atom stereocenters. The highest BCUT2D eigenvalue weighted by molar-refractivity contribution is 5.94. The van der Waals surface area contributed by atoms with E-state index in [2.05, 4.69) is 25.2 Å².